The second-order valence-electron chi connectivity index (χ2n) is 17.7. The Morgan fingerprint density at radius 2 is 1.60 bits per heavy atom. The molecule has 0 aromatic heterocycles. The van der Waals surface area contributed by atoms with Gasteiger partial charge in [-0.05, 0) is 124 Å². The second-order valence-corrected chi connectivity index (χ2v) is 17.7. The molecule has 3 aromatic carbocycles. The third-order valence-electron chi connectivity index (χ3n) is 14.1. The lowest BCUT2D eigenvalue weighted by atomic mass is 9.64. The first-order valence-electron chi connectivity index (χ1n) is 21.5. The van der Waals surface area contributed by atoms with E-state index in [-0.39, 0.29) is 17.5 Å². The van der Waals surface area contributed by atoms with E-state index in [0.29, 0.717) is 11.8 Å². The van der Waals surface area contributed by atoms with Crippen molar-refractivity contribution in [1.29, 1.82) is 0 Å². The van der Waals surface area contributed by atoms with Crippen molar-refractivity contribution in [3.63, 3.8) is 0 Å². The molecular formula is C54H51N3. The summed E-state index contributed by atoms with van der Waals surface area (Å²) in [6.45, 7) is 4.82. The number of fused-ring (bicyclic) bond motifs is 6. The highest BCUT2D eigenvalue weighted by atomic mass is 15.2. The van der Waals surface area contributed by atoms with Crippen LogP contribution in [0.4, 0.5) is 0 Å². The maximum absolute atomic E-state index is 5.26. The van der Waals surface area contributed by atoms with Gasteiger partial charge in [0, 0.05) is 28.7 Å². The van der Waals surface area contributed by atoms with Crippen LogP contribution in [0.3, 0.4) is 0 Å². The number of hydrogen-bond donors (Lipinski definition) is 1. The maximum atomic E-state index is 5.26. The molecule has 11 rings (SSSR count). The Bertz CT molecular complexity index is 2660. The Hall–Kier alpha value is -5.54. The van der Waals surface area contributed by atoms with Gasteiger partial charge in [0.25, 0.3) is 0 Å². The number of allylic oxidation sites excluding steroid dienone is 14. The van der Waals surface area contributed by atoms with E-state index in [1.807, 2.05) is 0 Å². The van der Waals surface area contributed by atoms with Crippen LogP contribution in [0.25, 0.3) is 16.7 Å². The molecule has 57 heavy (non-hydrogen) atoms. The molecular weight excluding hydrogens is 691 g/mol. The fourth-order valence-electron chi connectivity index (χ4n) is 11.2. The summed E-state index contributed by atoms with van der Waals surface area (Å²) >= 11 is 0. The number of hydrogen-bond acceptors (Lipinski definition) is 3. The molecule has 0 saturated heterocycles. The minimum Gasteiger partial charge on any atom is -0.348 e. The first-order chi connectivity index (χ1) is 28.0. The van der Waals surface area contributed by atoms with E-state index in [2.05, 4.69) is 153 Å². The third-order valence-corrected chi connectivity index (χ3v) is 14.1. The van der Waals surface area contributed by atoms with E-state index in [0.717, 1.165) is 62.2 Å². The average molecular weight is 742 g/mol. The Kier molecular flexibility index (Phi) is 8.42. The minimum absolute atomic E-state index is 0.0249. The van der Waals surface area contributed by atoms with Gasteiger partial charge in [0.15, 0.2) is 5.84 Å². The van der Waals surface area contributed by atoms with Crippen molar-refractivity contribution in [2.24, 2.45) is 27.7 Å². The van der Waals surface area contributed by atoms with E-state index >= 15 is 0 Å². The zero-order chi connectivity index (χ0) is 38.1. The fraction of sp³-hybridized carbons (Fsp3) is 0.296. The number of benzene rings is 3. The van der Waals surface area contributed by atoms with Gasteiger partial charge in [-0.1, -0.05) is 153 Å². The van der Waals surface area contributed by atoms with Crippen LogP contribution >= 0.6 is 0 Å². The van der Waals surface area contributed by atoms with Gasteiger partial charge in [0.05, 0.1) is 0 Å². The molecule has 1 aliphatic heterocycles. The van der Waals surface area contributed by atoms with E-state index < -0.39 is 0 Å². The number of nitrogens with zero attached hydrogens (tertiary/aromatic N) is 2. The summed E-state index contributed by atoms with van der Waals surface area (Å²) in [5, 5.41) is 6.72. The number of rotatable bonds is 5. The van der Waals surface area contributed by atoms with Gasteiger partial charge in [0.1, 0.15) is 12.0 Å². The summed E-state index contributed by atoms with van der Waals surface area (Å²) in [4.78, 5) is 10.5. The highest BCUT2D eigenvalue weighted by molar-refractivity contribution is 6.09. The van der Waals surface area contributed by atoms with Gasteiger partial charge in [0.2, 0.25) is 0 Å². The molecule has 0 fully saturated rings. The van der Waals surface area contributed by atoms with E-state index in [9.17, 15) is 0 Å². The summed E-state index contributed by atoms with van der Waals surface area (Å²) in [7, 11) is 0. The van der Waals surface area contributed by atoms with Crippen molar-refractivity contribution in [1.82, 2.24) is 5.32 Å². The largest absolute Gasteiger partial charge is 0.348 e. The lowest BCUT2D eigenvalue weighted by molar-refractivity contribution is 0.598. The fourth-order valence-corrected chi connectivity index (χ4v) is 11.2. The summed E-state index contributed by atoms with van der Waals surface area (Å²) in [6.07, 6.45) is 32.4. The lowest BCUT2D eigenvalue weighted by Gasteiger charge is -2.39. The number of nitrogens with one attached hydrogen (secondary N) is 1. The molecule has 0 amide bonds. The molecule has 1 heterocycles. The first kappa shape index (κ1) is 34.7. The van der Waals surface area contributed by atoms with Crippen LogP contribution in [0.2, 0.25) is 0 Å². The van der Waals surface area contributed by atoms with Crippen molar-refractivity contribution in [2.75, 3.05) is 0 Å². The van der Waals surface area contributed by atoms with Gasteiger partial charge < -0.3 is 5.32 Å². The minimum atomic E-state index is -0.0535. The van der Waals surface area contributed by atoms with E-state index in [4.69, 9.17) is 9.98 Å². The summed E-state index contributed by atoms with van der Waals surface area (Å²) in [6, 6.07) is 28.9. The van der Waals surface area contributed by atoms with Crippen LogP contribution < -0.4 is 15.8 Å². The van der Waals surface area contributed by atoms with E-state index in [1.54, 1.807) is 11.1 Å². The monoisotopic (exact) mass is 741 g/mol. The van der Waals surface area contributed by atoms with Crippen LogP contribution in [-0.4, -0.2) is 17.8 Å². The Labute approximate surface area is 337 Å². The number of aliphatic imine (C=N–C) groups is 2. The highest BCUT2D eigenvalue weighted by Gasteiger charge is 2.40. The molecule has 4 unspecified atom stereocenters. The second kappa shape index (κ2) is 13.8. The first-order valence-corrected chi connectivity index (χ1v) is 21.5. The molecule has 0 saturated carbocycles. The summed E-state index contributed by atoms with van der Waals surface area (Å²) in [5.74, 6) is 2.66. The molecule has 4 atom stereocenters. The van der Waals surface area contributed by atoms with Gasteiger partial charge in [-0.25, -0.2) is 9.98 Å². The molecule has 8 aliphatic rings. The van der Waals surface area contributed by atoms with Gasteiger partial charge in [-0.3, -0.25) is 0 Å². The number of amidine groups is 2. The quantitative estimate of drug-likeness (QED) is 0.260. The molecule has 3 heteroatoms. The van der Waals surface area contributed by atoms with Crippen LogP contribution in [0.1, 0.15) is 88.3 Å². The SMILES string of the molecule is CC1(C)C2=C(CCC(C3=CC4=c5ccccc5=C5CCC=C(C6=CC(C7=NC(c8ccccc8)=NC(C8=CCCCC8)N7)CC=C6)C5C4C=C3)=C2)c2ccccc21. The summed E-state index contributed by atoms with van der Waals surface area (Å²) < 4.78 is 0. The topological polar surface area (TPSA) is 36.8 Å². The van der Waals surface area contributed by atoms with E-state index in [1.165, 1.54) is 73.4 Å². The van der Waals surface area contributed by atoms with Gasteiger partial charge >= 0.3 is 0 Å². The molecule has 3 nitrogen and oxygen atoms in total. The molecule has 0 bridgehead atoms. The summed E-state index contributed by atoms with van der Waals surface area (Å²) in [5.41, 5.74) is 17.3. The van der Waals surface area contributed by atoms with Crippen LogP contribution in [0.15, 0.2) is 177 Å². The van der Waals surface area contributed by atoms with Crippen molar-refractivity contribution >= 4 is 28.4 Å². The predicted molar refractivity (Wildman–Crippen MR) is 237 cm³/mol. The van der Waals surface area contributed by atoms with Crippen LogP contribution in [-0.2, 0) is 5.41 Å². The third kappa shape index (κ3) is 5.84. The molecule has 7 aliphatic carbocycles. The zero-order valence-corrected chi connectivity index (χ0v) is 33.3. The molecule has 3 aromatic rings. The van der Waals surface area contributed by atoms with Crippen molar-refractivity contribution in [2.45, 2.75) is 83.2 Å². The van der Waals surface area contributed by atoms with Gasteiger partial charge in [-0.2, -0.15) is 0 Å². The van der Waals surface area contributed by atoms with Gasteiger partial charge in [-0.15, -0.1) is 0 Å². The Balaban J connectivity index is 0.950. The average Bonchev–Trinajstić information content (AvgIpc) is 3.51. The lowest BCUT2D eigenvalue weighted by Crippen LogP contribution is -2.43. The highest BCUT2D eigenvalue weighted by Crippen LogP contribution is 2.53. The molecule has 1 N–H and O–H groups in total. The normalized spacial score (nSPS) is 26.9. The van der Waals surface area contributed by atoms with Crippen molar-refractivity contribution < 1.29 is 0 Å². The van der Waals surface area contributed by atoms with Crippen molar-refractivity contribution in [3.8, 4) is 0 Å². The smallest absolute Gasteiger partial charge is 0.159 e. The maximum Gasteiger partial charge on any atom is 0.159 e. The molecule has 0 radical (unpaired) electrons. The molecule has 282 valence electrons. The van der Waals surface area contributed by atoms with Crippen LogP contribution in [0, 0.1) is 17.8 Å². The van der Waals surface area contributed by atoms with Crippen LogP contribution in [0.5, 0.6) is 0 Å². The molecule has 0 spiro atoms. The Morgan fingerprint density at radius 3 is 2.47 bits per heavy atom. The van der Waals surface area contributed by atoms with Crippen molar-refractivity contribution in [3.05, 3.63) is 194 Å². The zero-order valence-electron chi connectivity index (χ0n) is 33.3. The Morgan fingerprint density at radius 1 is 0.754 bits per heavy atom. The predicted octanol–water partition coefficient (Wildman–Crippen LogP) is 10.7. The standard InChI is InChI=1S/C54H51N3/c1-54(2)48-26-12-11-23-43(48)44-29-27-37(33-49(44)54)36-28-30-46-47(32-36)42-22-10-9-21-41(42)45-25-14-24-40(50(45)46)38-19-13-20-39(31-38)53-56-51(34-15-5-3-6-16-34)55-52(57-53)35-17-7-4-8-18-35/h3,5-6,9-13,15-17,19,21-24,26,28,30-33,39,46,50,52H,4,7-8,14,18,20,25,27,29H2,1-2H3,(H,55,56,57).